The van der Waals surface area contributed by atoms with Crippen LogP contribution in [0.4, 0.5) is 18.9 Å². The highest BCUT2D eigenvalue weighted by Crippen LogP contribution is 2.40. The van der Waals surface area contributed by atoms with Gasteiger partial charge in [-0.3, -0.25) is 4.72 Å². The van der Waals surface area contributed by atoms with Crippen LogP contribution in [-0.2, 0) is 16.2 Å². The minimum absolute atomic E-state index is 0.0869. The van der Waals surface area contributed by atoms with Gasteiger partial charge < -0.3 is 14.6 Å². The van der Waals surface area contributed by atoms with Gasteiger partial charge in [-0.1, -0.05) is 16.8 Å². The van der Waals surface area contributed by atoms with Crippen LogP contribution in [0.1, 0.15) is 18.9 Å². The maximum atomic E-state index is 13.5. The molecule has 1 aliphatic heterocycles. The Morgan fingerprint density at radius 3 is 2.74 bits per heavy atom. The summed E-state index contributed by atoms with van der Waals surface area (Å²) in [5.41, 5.74) is -1.69. The van der Waals surface area contributed by atoms with Crippen LogP contribution >= 0.6 is 11.6 Å². The maximum absolute atomic E-state index is 13.5. The molecular weight excluding hydrogens is 459 g/mol. The number of hydrogen-bond donors (Lipinski definition) is 2. The molecule has 1 fully saturated rings. The van der Waals surface area contributed by atoms with Crippen LogP contribution < -0.4 is 14.8 Å². The Morgan fingerprint density at radius 2 is 2.06 bits per heavy atom. The van der Waals surface area contributed by atoms with Gasteiger partial charge in [-0.2, -0.15) is 13.2 Å². The number of rotatable bonds is 5. The number of hydrogen-bond acceptors (Lipinski definition) is 6. The summed E-state index contributed by atoms with van der Waals surface area (Å²) in [5, 5.41) is 6.78. The van der Waals surface area contributed by atoms with E-state index >= 15 is 0 Å². The number of nitrogens with one attached hydrogen (secondary N) is 2. The largest absolute Gasteiger partial charge is 0.485 e. The standard InChI is InChI=1S/C19H17ClF3N3O4S/c1-18(6-7-24-10-18)30-16-8-11(2-3-13(16)19(21,22)23)26-31(27,28)17-12-9-29-25-15(12)5-4-14(17)20/h2-5,8-9,24,26H,6-7,10H2,1H3/t18-/m1/s1. The first-order valence-electron chi connectivity index (χ1n) is 9.15. The fourth-order valence-corrected chi connectivity index (χ4v) is 5.20. The summed E-state index contributed by atoms with van der Waals surface area (Å²) in [5.74, 6) is -0.465. The molecule has 31 heavy (non-hydrogen) atoms. The van der Waals surface area contributed by atoms with E-state index in [4.69, 9.17) is 20.9 Å². The van der Waals surface area contributed by atoms with Gasteiger partial charge in [0.05, 0.1) is 21.7 Å². The molecule has 2 heterocycles. The van der Waals surface area contributed by atoms with Crippen LogP contribution in [0, 0.1) is 0 Å². The molecule has 0 spiro atoms. The molecule has 7 nitrogen and oxygen atoms in total. The summed E-state index contributed by atoms with van der Waals surface area (Å²) in [6, 6.07) is 5.65. The van der Waals surface area contributed by atoms with Crippen molar-refractivity contribution in [2.45, 2.75) is 30.0 Å². The van der Waals surface area contributed by atoms with Crippen LogP contribution in [0.25, 0.3) is 10.9 Å². The van der Waals surface area contributed by atoms with Crippen LogP contribution in [0.2, 0.25) is 5.02 Å². The van der Waals surface area contributed by atoms with E-state index in [0.29, 0.717) is 19.5 Å². The van der Waals surface area contributed by atoms with Crippen molar-refractivity contribution in [2.75, 3.05) is 17.8 Å². The quantitative estimate of drug-likeness (QED) is 0.567. The first-order valence-corrected chi connectivity index (χ1v) is 11.0. The fourth-order valence-electron chi connectivity index (χ4n) is 3.42. The number of anilines is 1. The molecule has 166 valence electrons. The molecule has 4 rings (SSSR count). The van der Waals surface area contributed by atoms with Crippen LogP contribution in [0.3, 0.4) is 0 Å². The molecule has 3 aromatic rings. The molecule has 0 aliphatic carbocycles. The average molecular weight is 476 g/mol. The number of sulfonamides is 1. The van der Waals surface area contributed by atoms with Crippen molar-refractivity contribution in [1.29, 1.82) is 0 Å². The van der Waals surface area contributed by atoms with E-state index in [9.17, 15) is 21.6 Å². The Balaban J connectivity index is 1.73. The molecule has 0 amide bonds. The maximum Gasteiger partial charge on any atom is 0.419 e. The van der Waals surface area contributed by atoms with E-state index < -0.39 is 33.1 Å². The Bertz CT molecular complexity index is 1240. The molecule has 12 heteroatoms. The number of halogens is 4. The fraction of sp³-hybridized carbons (Fsp3) is 0.316. The van der Waals surface area contributed by atoms with Crippen molar-refractivity contribution in [3.63, 3.8) is 0 Å². The normalized spacial score (nSPS) is 19.6. The molecule has 1 aromatic heterocycles. The summed E-state index contributed by atoms with van der Waals surface area (Å²) in [6.07, 6.45) is -3.04. The van der Waals surface area contributed by atoms with Gasteiger partial charge in [-0.15, -0.1) is 0 Å². The Kier molecular flexibility index (Phi) is 5.31. The number of fused-ring (bicyclic) bond motifs is 1. The van der Waals surface area contributed by atoms with Crippen molar-refractivity contribution in [3.05, 3.63) is 47.2 Å². The molecule has 1 saturated heterocycles. The Morgan fingerprint density at radius 1 is 1.29 bits per heavy atom. The second kappa shape index (κ2) is 7.57. The summed E-state index contributed by atoms with van der Waals surface area (Å²) >= 11 is 6.09. The number of alkyl halides is 3. The van der Waals surface area contributed by atoms with E-state index in [1.165, 1.54) is 12.1 Å². The number of aromatic nitrogens is 1. The third-order valence-corrected chi connectivity index (χ3v) is 6.85. The molecule has 2 N–H and O–H groups in total. The van der Waals surface area contributed by atoms with Crippen LogP contribution in [-0.4, -0.2) is 32.3 Å². The van der Waals surface area contributed by atoms with Crippen molar-refractivity contribution < 1.29 is 30.8 Å². The monoisotopic (exact) mass is 475 g/mol. The van der Waals surface area contributed by atoms with E-state index in [0.717, 1.165) is 24.5 Å². The molecule has 0 unspecified atom stereocenters. The van der Waals surface area contributed by atoms with Gasteiger partial charge in [-0.05, 0) is 37.7 Å². The van der Waals surface area contributed by atoms with Gasteiger partial charge in [0.1, 0.15) is 28.0 Å². The van der Waals surface area contributed by atoms with Gasteiger partial charge in [-0.25, -0.2) is 8.42 Å². The van der Waals surface area contributed by atoms with Gasteiger partial charge in [0.15, 0.2) is 0 Å². The molecule has 2 aromatic carbocycles. The highest BCUT2D eigenvalue weighted by molar-refractivity contribution is 7.93. The third-order valence-electron chi connectivity index (χ3n) is 4.94. The zero-order valence-electron chi connectivity index (χ0n) is 16.1. The van der Waals surface area contributed by atoms with Gasteiger partial charge in [0.25, 0.3) is 10.0 Å². The van der Waals surface area contributed by atoms with Gasteiger partial charge in [0.2, 0.25) is 0 Å². The van der Waals surface area contributed by atoms with Crippen LogP contribution in [0.5, 0.6) is 5.75 Å². The highest BCUT2D eigenvalue weighted by atomic mass is 35.5. The number of benzene rings is 2. The van der Waals surface area contributed by atoms with Crippen molar-refractivity contribution in [3.8, 4) is 5.75 Å². The topological polar surface area (TPSA) is 93.5 Å². The van der Waals surface area contributed by atoms with Gasteiger partial charge >= 0.3 is 6.18 Å². The zero-order chi connectivity index (χ0) is 22.4. The highest BCUT2D eigenvalue weighted by Gasteiger charge is 2.38. The minimum atomic E-state index is -4.67. The third kappa shape index (κ3) is 4.30. The minimum Gasteiger partial charge on any atom is -0.485 e. The van der Waals surface area contributed by atoms with Crippen molar-refractivity contribution >= 4 is 38.2 Å². The number of ether oxygens (including phenoxy) is 1. The predicted octanol–water partition coefficient (Wildman–Crippen LogP) is 4.43. The molecule has 0 radical (unpaired) electrons. The predicted molar refractivity (Wildman–Crippen MR) is 108 cm³/mol. The first-order chi connectivity index (χ1) is 14.5. The average Bonchev–Trinajstić information content (AvgIpc) is 3.29. The second-order valence-corrected chi connectivity index (χ2v) is 9.44. The lowest BCUT2D eigenvalue weighted by Gasteiger charge is -2.27. The second-order valence-electron chi connectivity index (χ2n) is 7.42. The first kappa shape index (κ1) is 21.7. The Labute approximate surface area is 180 Å². The molecule has 1 atom stereocenters. The number of nitrogens with zero attached hydrogens (tertiary/aromatic N) is 1. The zero-order valence-corrected chi connectivity index (χ0v) is 17.7. The van der Waals surface area contributed by atoms with Gasteiger partial charge in [0, 0.05) is 19.0 Å². The van der Waals surface area contributed by atoms with E-state index in [-0.39, 0.29) is 26.5 Å². The van der Waals surface area contributed by atoms with E-state index in [1.807, 2.05) is 0 Å². The Hall–Kier alpha value is -2.50. The summed E-state index contributed by atoms with van der Waals surface area (Å²) in [4.78, 5) is -0.290. The van der Waals surface area contributed by atoms with E-state index in [2.05, 4.69) is 15.2 Å². The summed E-state index contributed by atoms with van der Waals surface area (Å²) < 4.78 is 79.3. The molecule has 0 saturated carbocycles. The van der Waals surface area contributed by atoms with E-state index in [1.54, 1.807) is 6.92 Å². The molecular formula is C19H17ClF3N3O4S. The van der Waals surface area contributed by atoms with Crippen molar-refractivity contribution in [1.82, 2.24) is 10.5 Å². The van der Waals surface area contributed by atoms with Crippen molar-refractivity contribution in [2.24, 2.45) is 0 Å². The van der Waals surface area contributed by atoms with Crippen LogP contribution in [0.15, 0.2) is 46.0 Å². The SMILES string of the molecule is C[C@@]1(Oc2cc(NS(=O)(=O)c3c(Cl)ccc4nocc34)ccc2C(F)(F)F)CCNC1. The lowest BCUT2D eigenvalue weighted by molar-refractivity contribution is -0.139. The lowest BCUT2D eigenvalue weighted by atomic mass is 10.1. The smallest absolute Gasteiger partial charge is 0.419 e. The molecule has 0 bridgehead atoms. The summed E-state index contributed by atoms with van der Waals surface area (Å²) in [6.45, 7) is 2.66. The summed E-state index contributed by atoms with van der Waals surface area (Å²) in [7, 11) is -4.28. The lowest BCUT2D eigenvalue weighted by Crippen LogP contribution is -2.35. The molecule has 1 aliphatic rings.